The molecule has 0 aliphatic heterocycles. The Morgan fingerprint density at radius 3 is 2.11 bits per heavy atom. The summed E-state index contributed by atoms with van der Waals surface area (Å²) >= 11 is 0. The minimum Gasteiger partial charge on any atom is -0.505 e. The molecule has 1 aliphatic carbocycles. The Balaban J connectivity index is 1.64. The van der Waals surface area contributed by atoms with Crippen molar-refractivity contribution in [2.24, 2.45) is 0 Å². The molecule has 1 aromatic heterocycles. The van der Waals surface area contributed by atoms with Gasteiger partial charge in [-0.2, -0.15) is 0 Å². The lowest BCUT2D eigenvalue weighted by Crippen LogP contribution is -2.24. The van der Waals surface area contributed by atoms with Crippen LogP contribution in [-0.2, 0) is 13.1 Å². The Morgan fingerprint density at radius 2 is 1.42 bits per heavy atom. The minimum atomic E-state index is -0.389. The molecule has 1 aliphatic rings. The van der Waals surface area contributed by atoms with Crippen molar-refractivity contribution >= 4 is 17.5 Å². The number of nitrogens with one attached hydrogen (secondary N) is 1. The van der Waals surface area contributed by atoms with E-state index in [9.17, 15) is 19.5 Å². The quantitative estimate of drug-likeness (QED) is 0.329. The number of unbranched alkanes of at least 4 members (excludes halogenated alkanes) is 1. The first-order chi connectivity index (χ1) is 17.5. The molecule has 0 saturated heterocycles. The van der Waals surface area contributed by atoms with Crippen LogP contribution in [0.5, 0.6) is 5.75 Å². The molecule has 6 nitrogen and oxygen atoms in total. The largest absolute Gasteiger partial charge is 0.505 e. The maximum Gasteiger partial charge on any atom is 0.252 e. The molecule has 1 heterocycles. The monoisotopic (exact) mass is 478 g/mol. The number of aromatic nitrogens is 1. The fourth-order valence-electron chi connectivity index (χ4n) is 4.77. The van der Waals surface area contributed by atoms with Crippen LogP contribution in [0.15, 0.2) is 78.9 Å². The molecule has 0 unspecified atom stereocenters. The summed E-state index contributed by atoms with van der Waals surface area (Å²) in [6.07, 6.45) is 1.59. The molecule has 2 N–H and O–H groups in total. The molecule has 0 spiro atoms. The number of carbonyl (C=O) groups excluding carboxylic acids is 3. The van der Waals surface area contributed by atoms with Gasteiger partial charge < -0.3 is 15.0 Å². The highest BCUT2D eigenvalue weighted by Crippen LogP contribution is 2.43. The molecule has 0 saturated carbocycles. The van der Waals surface area contributed by atoms with Gasteiger partial charge in [0.15, 0.2) is 11.5 Å². The summed E-state index contributed by atoms with van der Waals surface area (Å²) in [6.45, 7) is 2.80. The molecule has 0 radical (unpaired) electrons. The number of benzene rings is 3. The normalized spacial score (nSPS) is 12.2. The Hall–Kier alpha value is -4.45. The number of hydrogen-bond acceptors (Lipinski definition) is 4. The Bertz CT molecular complexity index is 1480. The van der Waals surface area contributed by atoms with Gasteiger partial charge in [-0.05, 0) is 18.1 Å². The first-order valence-electron chi connectivity index (χ1n) is 12.1. The number of fused-ring (bicyclic) bond motifs is 2. The maximum absolute atomic E-state index is 13.5. The topological polar surface area (TPSA) is 88.4 Å². The van der Waals surface area contributed by atoms with Gasteiger partial charge in [0, 0.05) is 35.3 Å². The SMILES string of the molecule is CCCCn1c2c(c(O)c1-c1ccccc1C(=O)NCc1ccccc1)C(=O)c1ccccc1C2=O. The van der Waals surface area contributed by atoms with E-state index in [1.165, 1.54) is 0 Å². The first-order valence-corrected chi connectivity index (χ1v) is 12.1. The Kier molecular flexibility index (Phi) is 6.25. The van der Waals surface area contributed by atoms with Crippen molar-refractivity contribution in [1.29, 1.82) is 0 Å². The number of amides is 1. The molecule has 0 fully saturated rings. The van der Waals surface area contributed by atoms with Crippen LogP contribution in [0.4, 0.5) is 0 Å². The van der Waals surface area contributed by atoms with E-state index in [1.54, 1.807) is 53.1 Å². The number of rotatable bonds is 7. The van der Waals surface area contributed by atoms with Crippen LogP contribution < -0.4 is 5.32 Å². The summed E-state index contributed by atoms with van der Waals surface area (Å²) in [5.41, 5.74) is 2.88. The second-order valence-electron chi connectivity index (χ2n) is 8.84. The highest BCUT2D eigenvalue weighted by atomic mass is 16.3. The van der Waals surface area contributed by atoms with Gasteiger partial charge in [0.2, 0.25) is 5.78 Å². The molecule has 4 aromatic rings. The van der Waals surface area contributed by atoms with E-state index in [2.05, 4.69) is 5.32 Å². The van der Waals surface area contributed by atoms with Crippen molar-refractivity contribution in [3.8, 4) is 17.0 Å². The first kappa shape index (κ1) is 23.3. The zero-order chi connectivity index (χ0) is 25.2. The molecule has 0 bridgehead atoms. The zero-order valence-electron chi connectivity index (χ0n) is 20.0. The number of ketones is 2. The summed E-state index contributed by atoms with van der Waals surface area (Å²) in [4.78, 5) is 40.2. The van der Waals surface area contributed by atoms with Crippen molar-refractivity contribution in [1.82, 2.24) is 9.88 Å². The van der Waals surface area contributed by atoms with E-state index < -0.39 is 0 Å². The van der Waals surface area contributed by atoms with Gasteiger partial charge in [0.05, 0.1) is 11.3 Å². The van der Waals surface area contributed by atoms with E-state index in [0.29, 0.717) is 35.5 Å². The molecule has 6 heteroatoms. The summed E-state index contributed by atoms with van der Waals surface area (Å²) in [7, 11) is 0. The van der Waals surface area contributed by atoms with Crippen LogP contribution in [0.25, 0.3) is 11.3 Å². The predicted octanol–water partition coefficient (Wildman–Crippen LogP) is 5.37. The number of hydrogen-bond donors (Lipinski definition) is 2. The van der Waals surface area contributed by atoms with Crippen molar-refractivity contribution in [3.63, 3.8) is 0 Å². The van der Waals surface area contributed by atoms with Crippen LogP contribution in [0.3, 0.4) is 0 Å². The van der Waals surface area contributed by atoms with Crippen LogP contribution in [0.2, 0.25) is 0 Å². The number of nitrogens with zero attached hydrogens (tertiary/aromatic N) is 1. The van der Waals surface area contributed by atoms with Crippen LogP contribution in [0.1, 0.15) is 67.7 Å². The molecular formula is C30H26N2O4. The van der Waals surface area contributed by atoms with E-state index in [-0.39, 0.29) is 40.0 Å². The summed E-state index contributed by atoms with van der Waals surface area (Å²) in [6, 6.07) is 23.2. The van der Waals surface area contributed by atoms with E-state index in [1.807, 2.05) is 37.3 Å². The molecule has 3 aromatic carbocycles. The van der Waals surface area contributed by atoms with Gasteiger partial charge in [0.1, 0.15) is 5.69 Å². The predicted molar refractivity (Wildman–Crippen MR) is 137 cm³/mol. The van der Waals surface area contributed by atoms with Crippen molar-refractivity contribution in [2.45, 2.75) is 32.9 Å². The van der Waals surface area contributed by atoms with Gasteiger partial charge in [-0.25, -0.2) is 0 Å². The van der Waals surface area contributed by atoms with E-state index in [4.69, 9.17) is 0 Å². The summed E-state index contributed by atoms with van der Waals surface area (Å²) in [5, 5.41) is 14.3. The van der Waals surface area contributed by atoms with E-state index >= 15 is 0 Å². The van der Waals surface area contributed by atoms with Crippen molar-refractivity contribution in [2.75, 3.05) is 0 Å². The highest BCUT2D eigenvalue weighted by Gasteiger charge is 2.38. The lowest BCUT2D eigenvalue weighted by molar-refractivity contribution is 0.0950. The standard InChI is InChI=1S/C30H26N2O4/c1-2-3-17-32-25(29(35)24-26(32)28(34)22-15-9-8-14-21(22)27(24)33)20-13-7-10-16-23(20)30(36)31-18-19-11-5-4-6-12-19/h4-16,35H,2-3,17-18H2,1H3,(H,31,36). The maximum atomic E-state index is 13.5. The Morgan fingerprint density at radius 1 is 0.806 bits per heavy atom. The van der Waals surface area contributed by atoms with Gasteiger partial charge in [0.25, 0.3) is 5.91 Å². The lowest BCUT2D eigenvalue weighted by Gasteiger charge is -2.18. The second-order valence-corrected chi connectivity index (χ2v) is 8.84. The van der Waals surface area contributed by atoms with Crippen molar-refractivity contribution in [3.05, 3.63) is 112 Å². The van der Waals surface area contributed by atoms with Crippen molar-refractivity contribution < 1.29 is 19.5 Å². The summed E-state index contributed by atoms with van der Waals surface area (Å²) in [5.74, 6) is -1.27. The minimum absolute atomic E-state index is 0.00398. The molecule has 180 valence electrons. The molecule has 0 atom stereocenters. The number of carbonyl (C=O) groups is 3. The van der Waals surface area contributed by atoms with Gasteiger partial charge >= 0.3 is 0 Å². The van der Waals surface area contributed by atoms with Crippen LogP contribution in [-0.4, -0.2) is 27.1 Å². The van der Waals surface area contributed by atoms with Gasteiger partial charge in [-0.3, -0.25) is 14.4 Å². The fourth-order valence-corrected chi connectivity index (χ4v) is 4.77. The number of aromatic hydroxyl groups is 1. The fraction of sp³-hybridized carbons (Fsp3) is 0.167. The lowest BCUT2D eigenvalue weighted by atomic mass is 9.87. The average molecular weight is 479 g/mol. The molecule has 1 amide bonds. The third kappa shape index (κ3) is 3.90. The average Bonchev–Trinajstić information content (AvgIpc) is 3.21. The third-order valence-corrected chi connectivity index (χ3v) is 6.55. The summed E-state index contributed by atoms with van der Waals surface area (Å²) < 4.78 is 1.72. The third-order valence-electron chi connectivity index (χ3n) is 6.55. The van der Waals surface area contributed by atoms with E-state index in [0.717, 1.165) is 18.4 Å². The highest BCUT2D eigenvalue weighted by molar-refractivity contribution is 6.29. The molecular weight excluding hydrogens is 452 g/mol. The van der Waals surface area contributed by atoms with Gasteiger partial charge in [-0.1, -0.05) is 86.1 Å². The second kappa shape index (κ2) is 9.66. The zero-order valence-corrected chi connectivity index (χ0v) is 20.0. The molecule has 36 heavy (non-hydrogen) atoms. The van der Waals surface area contributed by atoms with Crippen LogP contribution in [0, 0.1) is 0 Å². The van der Waals surface area contributed by atoms with Gasteiger partial charge in [-0.15, -0.1) is 0 Å². The molecule has 5 rings (SSSR count). The smallest absolute Gasteiger partial charge is 0.252 e. The van der Waals surface area contributed by atoms with Crippen LogP contribution >= 0.6 is 0 Å². The Labute approximate surface area is 209 Å².